The molecule has 0 spiro atoms. The summed E-state index contributed by atoms with van der Waals surface area (Å²) >= 11 is 7.58. The number of benzene rings is 3. The molecule has 0 aliphatic heterocycles. The zero-order valence-electron chi connectivity index (χ0n) is 17.3. The molecule has 0 atom stereocenters. The summed E-state index contributed by atoms with van der Waals surface area (Å²) in [5, 5.41) is 0.700. The molecule has 8 heteroatoms. The van der Waals surface area contributed by atoms with Gasteiger partial charge in [-0.05, 0) is 54.1 Å². The fraction of sp³-hybridized carbons (Fsp3) is 0.125. The zero-order chi connectivity index (χ0) is 22.5. The molecule has 0 aliphatic carbocycles. The van der Waals surface area contributed by atoms with E-state index in [0.717, 1.165) is 21.5 Å². The van der Waals surface area contributed by atoms with Crippen molar-refractivity contribution in [3.8, 4) is 0 Å². The second kappa shape index (κ2) is 9.89. The Morgan fingerprint density at radius 3 is 2.56 bits per heavy atom. The fourth-order valence-electron chi connectivity index (χ4n) is 3.24. The lowest BCUT2D eigenvalue weighted by Gasteiger charge is -2.09. The van der Waals surface area contributed by atoms with Gasteiger partial charge in [-0.1, -0.05) is 35.9 Å². The van der Waals surface area contributed by atoms with Crippen molar-refractivity contribution in [3.05, 3.63) is 94.8 Å². The molecule has 3 aromatic carbocycles. The molecule has 4 rings (SSSR count). The van der Waals surface area contributed by atoms with Crippen molar-refractivity contribution in [2.24, 2.45) is 7.05 Å². The number of thioether (sulfide) groups is 1. The Labute approximate surface area is 195 Å². The smallest absolute Gasteiger partial charge is 0.269 e. The minimum absolute atomic E-state index is 0.0588. The Hall–Kier alpha value is -3.29. The van der Waals surface area contributed by atoms with Crippen molar-refractivity contribution < 1.29 is 9.59 Å². The Kier molecular flexibility index (Phi) is 6.78. The van der Waals surface area contributed by atoms with E-state index < -0.39 is 0 Å². The molecule has 0 bridgehead atoms. The van der Waals surface area contributed by atoms with Gasteiger partial charge in [-0.25, -0.2) is 4.98 Å². The van der Waals surface area contributed by atoms with Crippen LogP contribution >= 0.6 is 23.4 Å². The number of imidazole rings is 1. The standard InChI is InChI=1S/C24H21ClN4O2S/c1-29-21-8-3-2-7-20(21)26-22(29)14-23(30)27-28-24(31)17-6-4-5-16(13-17)15-32-19-11-9-18(25)10-12-19/h2-13H,14-15H2,1H3,(H,27,30)(H,28,31). The number of fused-ring (bicyclic) bond motifs is 1. The highest BCUT2D eigenvalue weighted by Crippen LogP contribution is 2.24. The summed E-state index contributed by atoms with van der Waals surface area (Å²) in [6.45, 7) is 0. The largest absolute Gasteiger partial charge is 0.331 e. The van der Waals surface area contributed by atoms with Crippen LogP contribution in [-0.4, -0.2) is 21.4 Å². The number of aromatic nitrogens is 2. The summed E-state index contributed by atoms with van der Waals surface area (Å²) in [5.41, 5.74) is 8.21. The van der Waals surface area contributed by atoms with Crippen molar-refractivity contribution >= 4 is 46.2 Å². The third kappa shape index (κ3) is 5.30. The van der Waals surface area contributed by atoms with E-state index in [1.54, 1.807) is 17.8 Å². The van der Waals surface area contributed by atoms with Crippen molar-refractivity contribution in [1.82, 2.24) is 20.4 Å². The van der Waals surface area contributed by atoms with Crippen LogP contribution in [-0.2, 0) is 24.0 Å². The van der Waals surface area contributed by atoms with Crippen LogP contribution in [0.15, 0.2) is 77.7 Å². The lowest BCUT2D eigenvalue weighted by atomic mass is 10.1. The van der Waals surface area contributed by atoms with Gasteiger partial charge in [-0.2, -0.15) is 0 Å². The average molecular weight is 465 g/mol. The van der Waals surface area contributed by atoms with E-state index in [-0.39, 0.29) is 18.2 Å². The van der Waals surface area contributed by atoms with E-state index in [2.05, 4.69) is 15.8 Å². The number of nitrogens with zero attached hydrogens (tertiary/aromatic N) is 2. The number of amides is 2. The van der Waals surface area contributed by atoms with E-state index >= 15 is 0 Å². The third-order valence-corrected chi connectivity index (χ3v) is 6.26. The molecule has 2 amide bonds. The SMILES string of the molecule is Cn1c(CC(=O)NNC(=O)c2cccc(CSc3ccc(Cl)cc3)c2)nc2ccccc21. The Morgan fingerprint density at radius 2 is 1.78 bits per heavy atom. The van der Waals surface area contributed by atoms with Gasteiger partial charge >= 0.3 is 0 Å². The topological polar surface area (TPSA) is 76.0 Å². The minimum Gasteiger partial charge on any atom is -0.331 e. The van der Waals surface area contributed by atoms with Crippen molar-refractivity contribution in [1.29, 1.82) is 0 Å². The molecule has 32 heavy (non-hydrogen) atoms. The van der Waals surface area contributed by atoms with Crippen LogP contribution in [0.1, 0.15) is 21.7 Å². The molecule has 4 aromatic rings. The second-order valence-corrected chi connectivity index (χ2v) is 8.68. The number of aryl methyl sites for hydroxylation is 1. The Morgan fingerprint density at radius 1 is 1.00 bits per heavy atom. The number of hydrogen-bond acceptors (Lipinski definition) is 4. The molecule has 2 N–H and O–H groups in total. The van der Waals surface area contributed by atoms with Gasteiger partial charge in [0.2, 0.25) is 5.91 Å². The molecule has 0 fully saturated rings. The Bertz CT molecular complexity index is 1270. The van der Waals surface area contributed by atoms with Crippen molar-refractivity contribution in [2.45, 2.75) is 17.1 Å². The van der Waals surface area contributed by atoms with Crippen LogP contribution in [0.4, 0.5) is 0 Å². The first-order valence-electron chi connectivity index (χ1n) is 9.96. The molecule has 6 nitrogen and oxygen atoms in total. The summed E-state index contributed by atoms with van der Waals surface area (Å²) in [4.78, 5) is 30.4. The number of halogens is 1. The van der Waals surface area contributed by atoms with Gasteiger partial charge in [0.1, 0.15) is 5.82 Å². The van der Waals surface area contributed by atoms with Crippen molar-refractivity contribution in [3.63, 3.8) is 0 Å². The van der Waals surface area contributed by atoms with Gasteiger partial charge in [-0.15, -0.1) is 11.8 Å². The van der Waals surface area contributed by atoms with E-state index in [0.29, 0.717) is 22.2 Å². The molecule has 1 heterocycles. The molecule has 0 saturated carbocycles. The second-order valence-electron chi connectivity index (χ2n) is 7.20. The molecule has 162 valence electrons. The number of hydrazine groups is 1. The number of rotatable bonds is 6. The Balaban J connectivity index is 1.32. The highest BCUT2D eigenvalue weighted by molar-refractivity contribution is 7.98. The van der Waals surface area contributed by atoms with Crippen LogP contribution in [0.3, 0.4) is 0 Å². The van der Waals surface area contributed by atoms with E-state index in [1.165, 1.54) is 0 Å². The number of para-hydroxylation sites is 2. The first-order chi connectivity index (χ1) is 15.5. The normalized spacial score (nSPS) is 10.8. The highest BCUT2D eigenvalue weighted by Gasteiger charge is 2.13. The van der Waals surface area contributed by atoms with Gasteiger partial charge in [0.25, 0.3) is 5.91 Å². The summed E-state index contributed by atoms with van der Waals surface area (Å²) in [7, 11) is 1.87. The summed E-state index contributed by atoms with van der Waals surface area (Å²) in [5.74, 6) is 0.619. The van der Waals surface area contributed by atoms with E-state index in [1.807, 2.05) is 78.3 Å². The maximum Gasteiger partial charge on any atom is 0.269 e. The summed E-state index contributed by atoms with van der Waals surface area (Å²) in [6, 6.07) is 22.6. The third-order valence-electron chi connectivity index (χ3n) is 4.92. The predicted octanol–water partition coefficient (Wildman–Crippen LogP) is 4.52. The zero-order valence-corrected chi connectivity index (χ0v) is 18.9. The molecular weight excluding hydrogens is 444 g/mol. The predicted molar refractivity (Wildman–Crippen MR) is 127 cm³/mol. The number of carbonyl (C=O) groups is 2. The molecule has 0 unspecified atom stereocenters. The lowest BCUT2D eigenvalue weighted by Crippen LogP contribution is -2.42. The van der Waals surface area contributed by atoms with Gasteiger partial charge in [0, 0.05) is 28.3 Å². The number of carbonyl (C=O) groups excluding carboxylic acids is 2. The molecular formula is C24H21ClN4O2S. The summed E-state index contributed by atoms with van der Waals surface area (Å²) in [6.07, 6.45) is 0.0588. The van der Waals surface area contributed by atoms with Gasteiger partial charge in [0.15, 0.2) is 0 Å². The van der Waals surface area contributed by atoms with Crippen LogP contribution in [0.5, 0.6) is 0 Å². The van der Waals surface area contributed by atoms with Gasteiger partial charge in [-0.3, -0.25) is 20.4 Å². The highest BCUT2D eigenvalue weighted by atomic mass is 35.5. The quantitative estimate of drug-likeness (QED) is 0.325. The summed E-state index contributed by atoms with van der Waals surface area (Å²) < 4.78 is 1.87. The fourth-order valence-corrected chi connectivity index (χ4v) is 4.21. The maximum absolute atomic E-state index is 12.5. The van der Waals surface area contributed by atoms with E-state index in [4.69, 9.17) is 11.6 Å². The maximum atomic E-state index is 12.5. The van der Waals surface area contributed by atoms with Crippen LogP contribution in [0.2, 0.25) is 5.02 Å². The monoisotopic (exact) mass is 464 g/mol. The van der Waals surface area contributed by atoms with Gasteiger partial charge < -0.3 is 4.57 Å². The molecule has 0 aliphatic rings. The molecule has 1 aromatic heterocycles. The van der Waals surface area contributed by atoms with Crippen LogP contribution in [0, 0.1) is 0 Å². The number of nitrogens with one attached hydrogen (secondary N) is 2. The lowest BCUT2D eigenvalue weighted by molar-refractivity contribution is -0.121. The number of hydrogen-bond donors (Lipinski definition) is 2. The molecule has 0 saturated heterocycles. The van der Waals surface area contributed by atoms with Gasteiger partial charge in [0.05, 0.1) is 17.5 Å². The average Bonchev–Trinajstić information content (AvgIpc) is 3.12. The van der Waals surface area contributed by atoms with E-state index in [9.17, 15) is 9.59 Å². The first-order valence-corrected chi connectivity index (χ1v) is 11.3. The van der Waals surface area contributed by atoms with Crippen molar-refractivity contribution in [2.75, 3.05) is 0 Å². The minimum atomic E-state index is -0.373. The van der Waals surface area contributed by atoms with Crippen LogP contribution in [0.25, 0.3) is 11.0 Å². The molecule has 0 radical (unpaired) electrons. The van der Waals surface area contributed by atoms with Crippen LogP contribution < -0.4 is 10.9 Å². The first kappa shape index (κ1) is 21.9.